The van der Waals surface area contributed by atoms with Crippen LogP contribution in [0, 0.1) is 13.8 Å². The van der Waals surface area contributed by atoms with Gasteiger partial charge < -0.3 is 0 Å². The van der Waals surface area contributed by atoms with E-state index in [0.29, 0.717) is 16.7 Å². The zero-order valence-corrected chi connectivity index (χ0v) is 16.9. The molecule has 3 aromatic heterocycles. The molecule has 8 heteroatoms. The number of benzene rings is 1. The predicted molar refractivity (Wildman–Crippen MR) is 108 cm³/mol. The van der Waals surface area contributed by atoms with Crippen LogP contribution in [-0.4, -0.2) is 30.8 Å². The first kappa shape index (κ1) is 17.6. The molecule has 0 saturated heterocycles. The lowest BCUT2D eigenvalue weighted by atomic mass is 10.2. The summed E-state index contributed by atoms with van der Waals surface area (Å²) in [6.45, 7) is 3.99. The fraction of sp³-hybridized carbons (Fsp3) is 0.222. The van der Waals surface area contributed by atoms with Crippen molar-refractivity contribution in [2.75, 3.05) is 6.26 Å². The molecule has 0 fully saturated rings. The van der Waals surface area contributed by atoms with Gasteiger partial charge in [0, 0.05) is 33.0 Å². The Bertz CT molecular complexity index is 1130. The largest absolute Gasteiger partial charge is 0.259 e. The Kier molecular flexibility index (Phi) is 4.77. The van der Waals surface area contributed by atoms with Crippen LogP contribution in [0.3, 0.4) is 0 Å². The SMILES string of the molecule is CSc1ccc2cc(CSc3nnc4nc(C)cc(C)n34)c(Cl)nc2c1. The predicted octanol–water partition coefficient (Wildman–Crippen LogP) is 4.96. The summed E-state index contributed by atoms with van der Waals surface area (Å²) >= 11 is 9.70. The molecule has 4 rings (SSSR count). The maximum absolute atomic E-state index is 6.42. The van der Waals surface area contributed by atoms with E-state index in [1.54, 1.807) is 23.5 Å². The highest BCUT2D eigenvalue weighted by Gasteiger charge is 2.12. The van der Waals surface area contributed by atoms with Gasteiger partial charge in [0.1, 0.15) is 5.15 Å². The van der Waals surface area contributed by atoms with Crippen molar-refractivity contribution in [3.63, 3.8) is 0 Å². The average Bonchev–Trinajstić information content (AvgIpc) is 3.02. The Labute approximate surface area is 164 Å². The highest BCUT2D eigenvalue weighted by Crippen LogP contribution is 2.29. The van der Waals surface area contributed by atoms with Gasteiger partial charge in [-0.25, -0.2) is 9.97 Å². The van der Waals surface area contributed by atoms with E-state index in [0.717, 1.165) is 33.0 Å². The standard InChI is InChI=1S/C18H16ClN5S2/c1-10-6-11(2)24-17(20-10)22-23-18(24)26-9-13-7-12-4-5-14(25-3)8-15(12)21-16(13)19/h4-8H,9H2,1-3H3. The smallest absolute Gasteiger partial charge is 0.256 e. The van der Waals surface area contributed by atoms with Gasteiger partial charge in [0.2, 0.25) is 0 Å². The first-order chi connectivity index (χ1) is 12.5. The molecule has 0 radical (unpaired) electrons. The minimum absolute atomic E-state index is 0.530. The van der Waals surface area contributed by atoms with Crippen LogP contribution in [0.2, 0.25) is 5.15 Å². The van der Waals surface area contributed by atoms with Gasteiger partial charge in [0.25, 0.3) is 5.78 Å². The third-order valence-corrected chi connectivity index (χ3v) is 6.10. The van der Waals surface area contributed by atoms with Gasteiger partial charge in [-0.2, -0.15) is 0 Å². The maximum atomic E-state index is 6.42. The molecule has 0 amide bonds. The first-order valence-electron chi connectivity index (χ1n) is 8.00. The van der Waals surface area contributed by atoms with Crippen molar-refractivity contribution in [1.29, 1.82) is 0 Å². The minimum atomic E-state index is 0.530. The molecule has 26 heavy (non-hydrogen) atoms. The summed E-state index contributed by atoms with van der Waals surface area (Å²) < 4.78 is 1.96. The zero-order valence-electron chi connectivity index (χ0n) is 14.5. The minimum Gasteiger partial charge on any atom is -0.259 e. The molecule has 5 nitrogen and oxygen atoms in total. The lowest BCUT2D eigenvalue weighted by Crippen LogP contribution is -1.98. The third-order valence-electron chi connectivity index (χ3n) is 4.07. The van der Waals surface area contributed by atoms with E-state index in [1.165, 1.54) is 4.90 Å². The van der Waals surface area contributed by atoms with Crippen LogP contribution in [0.4, 0.5) is 0 Å². The summed E-state index contributed by atoms with van der Waals surface area (Å²) in [6, 6.07) is 10.4. The summed E-state index contributed by atoms with van der Waals surface area (Å²) in [4.78, 5) is 10.2. The number of hydrogen-bond donors (Lipinski definition) is 0. The van der Waals surface area contributed by atoms with E-state index in [4.69, 9.17) is 11.6 Å². The van der Waals surface area contributed by atoms with Crippen LogP contribution >= 0.6 is 35.1 Å². The highest BCUT2D eigenvalue weighted by molar-refractivity contribution is 7.98. The van der Waals surface area contributed by atoms with Gasteiger partial charge in [-0.3, -0.25) is 4.40 Å². The normalized spacial score (nSPS) is 11.5. The number of pyridine rings is 1. The van der Waals surface area contributed by atoms with Gasteiger partial charge in [-0.1, -0.05) is 29.4 Å². The molecule has 3 heterocycles. The Morgan fingerprint density at radius 1 is 1.08 bits per heavy atom. The summed E-state index contributed by atoms with van der Waals surface area (Å²) in [6.07, 6.45) is 2.05. The Balaban J connectivity index is 1.65. The number of aromatic nitrogens is 5. The fourth-order valence-corrected chi connectivity index (χ4v) is 4.51. The Morgan fingerprint density at radius 2 is 1.92 bits per heavy atom. The maximum Gasteiger partial charge on any atom is 0.256 e. The molecule has 0 aliphatic heterocycles. The van der Waals surface area contributed by atoms with Crippen molar-refractivity contribution in [2.24, 2.45) is 0 Å². The number of rotatable bonds is 4. The summed E-state index contributed by atoms with van der Waals surface area (Å²) in [7, 11) is 0. The van der Waals surface area contributed by atoms with Crippen LogP contribution < -0.4 is 0 Å². The van der Waals surface area contributed by atoms with Crippen molar-refractivity contribution in [3.8, 4) is 0 Å². The highest BCUT2D eigenvalue weighted by atomic mass is 35.5. The molecule has 0 atom stereocenters. The van der Waals surface area contributed by atoms with Gasteiger partial charge in [0.05, 0.1) is 5.52 Å². The van der Waals surface area contributed by atoms with Crippen LogP contribution in [0.5, 0.6) is 0 Å². The number of thioether (sulfide) groups is 2. The molecule has 0 unspecified atom stereocenters. The molecule has 0 spiro atoms. The molecule has 132 valence electrons. The van der Waals surface area contributed by atoms with Crippen LogP contribution in [0.1, 0.15) is 17.0 Å². The van der Waals surface area contributed by atoms with Crippen molar-refractivity contribution < 1.29 is 0 Å². The van der Waals surface area contributed by atoms with Crippen LogP contribution in [0.15, 0.2) is 40.4 Å². The summed E-state index contributed by atoms with van der Waals surface area (Å²) in [5.41, 5.74) is 3.90. The molecular formula is C18H16ClN5S2. The average molecular weight is 402 g/mol. The summed E-state index contributed by atoms with van der Waals surface area (Å²) in [5, 5.41) is 10.9. The molecule has 0 aliphatic rings. The van der Waals surface area contributed by atoms with Crippen molar-refractivity contribution in [3.05, 3.63) is 52.4 Å². The van der Waals surface area contributed by atoms with Gasteiger partial charge >= 0.3 is 0 Å². The van der Waals surface area contributed by atoms with E-state index >= 15 is 0 Å². The van der Waals surface area contributed by atoms with Crippen LogP contribution in [0.25, 0.3) is 16.7 Å². The zero-order chi connectivity index (χ0) is 18.3. The second kappa shape index (κ2) is 7.06. The number of hydrogen-bond acceptors (Lipinski definition) is 6. The molecule has 0 N–H and O–H groups in total. The second-order valence-electron chi connectivity index (χ2n) is 5.94. The van der Waals surface area contributed by atoms with Crippen molar-refractivity contribution >= 4 is 51.8 Å². The van der Waals surface area contributed by atoms with Gasteiger partial charge in [-0.05, 0) is 44.4 Å². The monoisotopic (exact) mass is 401 g/mol. The number of aryl methyl sites for hydroxylation is 2. The molecular weight excluding hydrogens is 386 g/mol. The van der Waals surface area contributed by atoms with E-state index < -0.39 is 0 Å². The Hall–Kier alpha value is -1.83. The van der Waals surface area contributed by atoms with E-state index in [1.807, 2.05) is 24.3 Å². The molecule has 0 bridgehead atoms. The first-order valence-corrected chi connectivity index (χ1v) is 10.6. The summed E-state index contributed by atoms with van der Waals surface area (Å²) in [5.74, 6) is 1.29. The third kappa shape index (κ3) is 3.26. The van der Waals surface area contributed by atoms with Crippen molar-refractivity contribution in [1.82, 2.24) is 24.6 Å². The number of nitrogens with zero attached hydrogens (tertiary/aromatic N) is 5. The molecule has 4 aromatic rings. The number of fused-ring (bicyclic) bond motifs is 2. The van der Waals surface area contributed by atoms with Crippen LogP contribution in [-0.2, 0) is 5.75 Å². The van der Waals surface area contributed by atoms with Gasteiger partial charge in [-0.15, -0.1) is 22.0 Å². The van der Waals surface area contributed by atoms with E-state index in [9.17, 15) is 0 Å². The number of halogens is 1. The van der Waals surface area contributed by atoms with Crippen molar-refractivity contribution in [2.45, 2.75) is 29.7 Å². The van der Waals surface area contributed by atoms with E-state index in [-0.39, 0.29) is 0 Å². The molecule has 0 aliphatic carbocycles. The van der Waals surface area contributed by atoms with E-state index in [2.05, 4.69) is 50.7 Å². The lowest BCUT2D eigenvalue weighted by Gasteiger charge is -2.07. The van der Waals surface area contributed by atoms with Gasteiger partial charge in [0.15, 0.2) is 5.16 Å². The topological polar surface area (TPSA) is 56.0 Å². The molecule has 1 aromatic carbocycles. The lowest BCUT2D eigenvalue weighted by molar-refractivity contribution is 0.886. The Morgan fingerprint density at radius 3 is 2.73 bits per heavy atom. The second-order valence-corrected chi connectivity index (χ2v) is 8.12. The fourth-order valence-electron chi connectivity index (χ4n) is 2.83. The quantitative estimate of drug-likeness (QED) is 0.356. The molecule has 0 saturated carbocycles.